The van der Waals surface area contributed by atoms with Crippen molar-refractivity contribution in [3.63, 3.8) is 0 Å². The summed E-state index contributed by atoms with van der Waals surface area (Å²) in [4.78, 5) is 14.6. The van der Waals surface area contributed by atoms with Crippen LogP contribution in [0, 0.1) is 0 Å². The number of carbonyl (C=O) groups excluding carboxylic acids is 1. The molecule has 2 aromatic carbocycles. The smallest absolute Gasteiger partial charge is 0.251 e. The average Bonchev–Trinajstić information content (AvgIpc) is 2.70. The Morgan fingerprint density at radius 2 is 1.89 bits per heavy atom. The summed E-state index contributed by atoms with van der Waals surface area (Å²) in [5.41, 5.74) is 4.95. The molecular formula is C23H31ClN2O. The molecule has 1 atom stereocenters. The molecular weight excluding hydrogens is 356 g/mol. The van der Waals surface area contributed by atoms with Gasteiger partial charge in [0.1, 0.15) is 0 Å². The third kappa shape index (κ3) is 5.57. The molecule has 3 nitrogen and oxygen atoms in total. The van der Waals surface area contributed by atoms with Crippen LogP contribution in [0.3, 0.4) is 0 Å². The molecule has 0 saturated carbocycles. The fourth-order valence-electron chi connectivity index (χ4n) is 4.02. The van der Waals surface area contributed by atoms with Gasteiger partial charge >= 0.3 is 0 Å². The van der Waals surface area contributed by atoms with Crippen LogP contribution in [-0.4, -0.2) is 37.0 Å². The quantitative estimate of drug-likeness (QED) is 0.770. The topological polar surface area (TPSA) is 32.3 Å². The Morgan fingerprint density at radius 1 is 1.11 bits per heavy atom. The lowest BCUT2D eigenvalue weighted by molar-refractivity contribution is 0.0963. The molecule has 0 saturated heterocycles. The maximum atomic E-state index is 12.0. The molecule has 0 aromatic heterocycles. The van der Waals surface area contributed by atoms with Gasteiger partial charge in [0.2, 0.25) is 0 Å². The van der Waals surface area contributed by atoms with E-state index < -0.39 is 0 Å². The molecule has 0 fully saturated rings. The van der Waals surface area contributed by atoms with Crippen LogP contribution in [0.4, 0.5) is 0 Å². The summed E-state index contributed by atoms with van der Waals surface area (Å²) in [6.07, 6.45) is 5.65. The number of rotatable bonds is 7. The van der Waals surface area contributed by atoms with Crippen LogP contribution in [0.2, 0.25) is 0 Å². The van der Waals surface area contributed by atoms with Gasteiger partial charge in [-0.25, -0.2) is 0 Å². The summed E-state index contributed by atoms with van der Waals surface area (Å²) in [7, 11) is 1.69. The second-order valence-corrected chi connectivity index (χ2v) is 7.23. The number of nitrogens with zero attached hydrogens (tertiary/aromatic N) is 1. The largest absolute Gasteiger partial charge is 0.355 e. The van der Waals surface area contributed by atoms with Gasteiger partial charge < -0.3 is 5.32 Å². The van der Waals surface area contributed by atoms with E-state index in [4.69, 9.17) is 0 Å². The Kier molecular flexibility index (Phi) is 8.33. The van der Waals surface area contributed by atoms with E-state index in [1.54, 1.807) is 7.05 Å². The van der Waals surface area contributed by atoms with Crippen LogP contribution >= 0.6 is 12.4 Å². The lowest BCUT2D eigenvalue weighted by atomic mass is 9.86. The van der Waals surface area contributed by atoms with Crippen LogP contribution in [0.15, 0.2) is 48.5 Å². The normalized spacial score (nSPS) is 15.7. The lowest BCUT2D eigenvalue weighted by Gasteiger charge is -2.35. The molecule has 3 rings (SSSR count). The van der Waals surface area contributed by atoms with Gasteiger partial charge in [0, 0.05) is 25.2 Å². The molecule has 0 radical (unpaired) electrons. The van der Waals surface area contributed by atoms with Gasteiger partial charge in [0.05, 0.1) is 0 Å². The Morgan fingerprint density at radius 3 is 2.59 bits per heavy atom. The molecule has 146 valence electrons. The number of nitrogens with one attached hydrogen (secondary N) is 1. The minimum atomic E-state index is 0. The third-order valence-corrected chi connectivity index (χ3v) is 5.46. The molecule has 0 bridgehead atoms. The molecule has 27 heavy (non-hydrogen) atoms. The number of fused-ring (bicyclic) bond motifs is 1. The van der Waals surface area contributed by atoms with Gasteiger partial charge in [-0.05, 0) is 67.5 Å². The van der Waals surface area contributed by atoms with E-state index in [0.717, 1.165) is 37.9 Å². The minimum Gasteiger partial charge on any atom is -0.355 e. The van der Waals surface area contributed by atoms with Gasteiger partial charge in [0.15, 0.2) is 0 Å². The molecule has 1 aliphatic rings. The fourth-order valence-corrected chi connectivity index (χ4v) is 4.02. The fraction of sp³-hybridized carbons (Fsp3) is 0.435. The molecule has 1 amide bonds. The summed E-state index contributed by atoms with van der Waals surface area (Å²) in [6.45, 7) is 4.50. The van der Waals surface area contributed by atoms with Gasteiger partial charge in [-0.2, -0.15) is 0 Å². The lowest BCUT2D eigenvalue weighted by Crippen LogP contribution is -2.41. The zero-order valence-electron chi connectivity index (χ0n) is 16.4. The van der Waals surface area contributed by atoms with E-state index in [0.29, 0.717) is 6.04 Å². The highest BCUT2D eigenvalue weighted by atomic mass is 35.5. The molecule has 2 aromatic rings. The third-order valence-electron chi connectivity index (χ3n) is 5.46. The van der Waals surface area contributed by atoms with Crippen molar-refractivity contribution in [3.05, 3.63) is 70.8 Å². The summed E-state index contributed by atoms with van der Waals surface area (Å²) in [5, 5.41) is 2.73. The van der Waals surface area contributed by atoms with Crippen LogP contribution in [0.25, 0.3) is 0 Å². The molecule has 4 heteroatoms. The van der Waals surface area contributed by atoms with E-state index in [-0.39, 0.29) is 18.3 Å². The zero-order chi connectivity index (χ0) is 18.4. The maximum Gasteiger partial charge on any atom is 0.251 e. The monoisotopic (exact) mass is 386 g/mol. The first-order valence-corrected chi connectivity index (χ1v) is 9.83. The Balaban J connectivity index is 0.00000261. The van der Waals surface area contributed by atoms with Crippen molar-refractivity contribution in [2.45, 2.75) is 45.1 Å². The molecule has 1 aliphatic carbocycles. The van der Waals surface area contributed by atoms with Gasteiger partial charge in [-0.1, -0.05) is 43.3 Å². The number of aryl methyl sites for hydroxylation is 1. The SMILES string of the molecule is CCCN(CCc1ccccc1)C1CCc2ccc(C(=O)NC)cc2C1.Cl. The van der Waals surface area contributed by atoms with E-state index in [9.17, 15) is 4.79 Å². The summed E-state index contributed by atoms with van der Waals surface area (Å²) in [6, 6.07) is 17.5. The number of carbonyl (C=O) groups is 1. The Bertz CT molecular complexity index is 732. The maximum absolute atomic E-state index is 12.0. The number of benzene rings is 2. The van der Waals surface area contributed by atoms with Crippen LogP contribution in [-0.2, 0) is 19.3 Å². The first-order chi connectivity index (χ1) is 12.7. The number of halogens is 1. The predicted molar refractivity (Wildman–Crippen MR) is 115 cm³/mol. The van der Waals surface area contributed by atoms with E-state index in [1.165, 1.54) is 29.5 Å². The van der Waals surface area contributed by atoms with Crippen molar-refractivity contribution in [3.8, 4) is 0 Å². The molecule has 1 unspecified atom stereocenters. The summed E-state index contributed by atoms with van der Waals surface area (Å²) in [5.74, 6) is 0.00409. The summed E-state index contributed by atoms with van der Waals surface area (Å²) >= 11 is 0. The van der Waals surface area contributed by atoms with Crippen molar-refractivity contribution in [1.29, 1.82) is 0 Å². The van der Waals surface area contributed by atoms with E-state index in [2.05, 4.69) is 59.6 Å². The van der Waals surface area contributed by atoms with Crippen LogP contribution in [0.5, 0.6) is 0 Å². The minimum absolute atomic E-state index is 0. The van der Waals surface area contributed by atoms with Crippen molar-refractivity contribution in [2.24, 2.45) is 0 Å². The van der Waals surface area contributed by atoms with E-state index in [1.807, 2.05) is 6.07 Å². The first kappa shape index (κ1) is 21.5. The molecule has 1 N–H and O–H groups in total. The van der Waals surface area contributed by atoms with Gasteiger partial charge in [0.25, 0.3) is 5.91 Å². The van der Waals surface area contributed by atoms with Crippen molar-refractivity contribution in [1.82, 2.24) is 10.2 Å². The number of amides is 1. The zero-order valence-corrected chi connectivity index (χ0v) is 17.2. The average molecular weight is 387 g/mol. The highest BCUT2D eigenvalue weighted by molar-refractivity contribution is 5.94. The highest BCUT2D eigenvalue weighted by Gasteiger charge is 2.24. The standard InChI is InChI=1S/C23H30N2O.ClH/c1-3-14-25(15-13-18-7-5-4-6-8-18)22-12-11-19-9-10-20(23(26)24-2)16-21(19)17-22;/h4-10,16,22H,3,11-15,17H2,1-2H3,(H,24,26);1H. The number of hydrogen-bond donors (Lipinski definition) is 1. The molecule has 0 spiro atoms. The summed E-state index contributed by atoms with van der Waals surface area (Å²) < 4.78 is 0. The Hall–Kier alpha value is -1.84. The number of hydrogen-bond acceptors (Lipinski definition) is 2. The van der Waals surface area contributed by atoms with Crippen molar-refractivity contribution in [2.75, 3.05) is 20.1 Å². The second-order valence-electron chi connectivity index (χ2n) is 7.23. The van der Waals surface area contributed by atoms with E-state index >= 15 is 0 Å². The first-order valence-electron chi connectivity index (χ1n) is 9.83. The predicted octanol–water partition coefficient (Wildman–Crippen LogP) is 4.28. The van der Waals surface area contributed by atoms with Crippen molar-refractivity contribution >= 4 is 18.3 Å². The van der Waals surface area contributed by atoms with Crippen molar-refractivity contribution < 1.29 is 4.79 Å². The molecule has 0 heterocycles. The van der Waals surface area contributed by atoms with Gasteiger partial charge in [-0.3, -0.25) is 9.69 Å². The molecule has 0 aliphatic heterocycles. The Labute approximate surface area is 169 Å². The van der Waals surface area contributed by atoms with Crippen LogP contribution in [0.1, 0.15) is 46.8 Å². The second kappa shape index (κ2) is 10.5. The van der Waals surface area contributed by atoms with Crippen LogP contribution < -0.4 is 5.32 Å². The highest BCUT2D eigenvalue weighted by Crippen LogP contribution is 2.26. The van der Waals surface area contributed by atoms with Gasteiger partial charge in [-0.15, -0.1) is 12.4 Å².